The van der Waals surface area contributed by atoms with Crippen molar-refractivity contribution >= 4 is 21.8 Å². The van der Waals surface area contributed by atoms with E-state index in [4.69, 9.17) is 4.74 Å². The van der Waals surface area contributed by atoms with E-state index in [1.54, 1.807) is 7.11 Å². The first-order chi connectivity index (χ1) is 14.1. The van der Waals surface area contributed by atoms with Crippen LogP contribution in [0.3, 0.4) is 0 Å². The van der Waals surface area contributed by atoms with E-state index in [0.717, 1.165) is 26.9 Å². The summed E-state index contributed by atoms with van der Waals surface area (Å²) in [6.07, 6.45) is 0. The molecule has 0 aliphatic rings. The zero-order valence-electron chi connectivity index (χ0n) is 16.6. The molecule has 29 heavy (non-hydrogen) atoms. The molecule has 0 saturated heterocycles. The Hall–Kier alpha value is -2.63. The lowest BCUT2D eigenvalue weighted by molar-refractivity contribution is -0.120. The minimum absolute atomic E-state index is 0.0486. The van der Waals surface area contributed by atoms with Crippen molar-refractivity contribution < 1.29 is 9.53 Å². The van der Waals surface area contributed by atoms with Crippen molar-refractivity contribution in [3.63, 3.8) is 0 Å². The van der Waals surface area contributed by atoms with Gasteiger partial charge in [0.15, 0.2) is 0 Å². The Labute approximate surface area is 180 Å². The number of halogens is 1. The van der Waals surface area contributed by atoms with Crippen LogP contribution in [0.5, 0.6) is 5.75 Å². The first kappa shape index (κ1) is 21.1. The normalized spacial score (nSPS) is 12.8. The lowest BCUT2D eigenvalue weighted by atomic mass is 9.98. The van der Waals surface area contributed by atoms with E-state index in [9.17, 15) is 4.79 Å². The topological polar surface area (TPSA) is 50.4 Å². The highest BCUT2D eigenvalue weighted by atomic mass is 79.9. The van der Waals surface area contributed by atoms with Crippen LogP contribution in [0.4, 0.5) is 0 Å². The Morgan fingerprint density at radius 2 is 1.55 bits per heavy atom. The van der Waals surface area contributed by atoms with Gasteiger partial charge in [0.25, 0.3) is 0 Å². The van der Waals surface area contributed by atoms with Gasteiger partial charge in [0.2, 0.25) is 5.91 Å². The maximum atomic E-state index is 12.7. The Morgan fingerprint density at radius 1 is 0.931 bits per heavy atom. The molecule has 3 aromatic rings. The molecule has 0 aromatic heterocycles. The number of amides is 1. The number of carbonyl (C=O) groups excluding carboxylic acids is 1. The summed E-state index contributed by atoms with van der Waals surface area (Å²) in [6, 6.07) is 25.6. The molecule has 0 bridgehead atoms. The molecule has 0 aliphatic heterocycles. The van der Waals surface area contributed by atoms with Crippen molar-refractivity contribution in [2.45, 2.75) is 19.0 Å². The maximum Gasteiger partial charge on any atom is 0.234 e. The van der Waals surface area contributed by atoms with Gasteiger partial charge in [0, 0.05) is 10.5 Å². The fraction of sp³-hybridized carbons (Fsp3) is 0.208. The first-order valence-corrected chi connectivity index (χ1v) is 10.3. The number of carbonyl (C=O) groups is 1. The standard InChI is InChI=1S/C24H25BrN2O2/c1-17(21-10-6-7-11-22(21)25)26-16-23(28)27-24(18-8-4-3-5-9-18)19-12-14-20(29-2)15-13-19/h3-15,17,24,26H,16H2,1-2H3,(H,27,28)/t17-,24+/m0/s1. The molecular weight excluding hydrogens is 428 g/mol. The number of methoxy groups -OCH3 is 1. The third kappa shape index (κ3) is 5.68. The molecule has 2 atom stereocenters. The molecule has 0 unspecified atom stereocenters. The van der Waals surface area contributed by atoms with E-state index in [1.807, 2.05) is 85.8 Å². The van der Waals surface area contributed by atoms with Crippen LogP contribution in [0.15, 0.2) is 83.3 Å². The zero-order chi connectivity index (χ0) is 20.6. The predicted molar refractivity (Wildman–Crippen MR) is 120 cm³/mol. The van der Waals surface area contributed by atoms with Crippen LogP contribution in [-0.2, 0) is 4.79 Å². The summed E-state index contributed by atoms with van der Waals surface area (Å²) in [7, 11) is 1.64. The van der Waals surface area contributed by atoms with Crippen molar-refractivity contribution in [2.24, 2.45) is 0 Å². The van der Waals surface area contributed by atoms with Gasteiger partial charge in [0.1, 0.15) is 5.75 Å². The summed E-state index contributed by atoms with van der Waals surface area (Å²) < 4.78 is 6.28. The van der Waals surface area contributed by atoms with Gasteiger partial charge in [0.05, 0.1) is 19.7 Å². The lowest BCUT2D eigenvalue weighted by Crippen LogP contribution is -2.37. The van der Waals surface area contributed by atoms with Crippen molar-refractivity contribution in [2.75, 3.05) is 13.7 Å². The molecule has 3 rings (SSSR count). The van der Waals surface area contributed by atoms with Crippen LogP contribution in [0.2, 0.25) is 0 Å². The Morgan fingerprint density at radius 3 is 2.21 bits per heavy atom. The second kappa shape index (κ2) is 10.2. The average Bonchev–Trinajstić information content (AvgIpc) is 2.77. The van der Waals surface area contributed by atoms with E-state index in [2.05, 4.69) is 26.6 Å². The molecule has 0 saturated carbocycles. The van der Waals surface area contributed by atoms with Gasteiger partial charge >= 0.3 is 0 Å². The second-order valence-electron chi connectivity index (χ2n) is 6.81. The SMILES string of the molecule is COc1ccc([C@H](NC(=O)CN[C@@H](C)c2ccccc2Br)c2ccccc2)cc1. The Kier molecular flexibility index (Phi) is 7.44. The Bertz CT molecular complexity index is 929. The quantitative estimate of drug-likeness (QED) is 0.504. The largest absolute Gasteiger partial charge is 0.497 e. The monoisotopic (exact) mass is 452 g/mol. The summed E-state index contributed by atoms with van der Waals surface area (Å²) in [5.41, 5.74) is 3.16. The smallest absolute Gasteiger partial charge is 0.234 e. The molecule has 5 heteroatoms. The van der Waals surface area contributed by atoms with E-state index in [-0.39, 0.29) is 24.5 Å². The van der Waals surface area contributed by atoms with Gasteiger partial charge in [-0.2, -0.15) is 0 Å². The fourth-order valence-corrected chi connectivity index (χ4v) is 3.82. The van der Waals surface area contributed by atoms with Gasteiger partial charge in [-0.25, -0.2) is 0 Å². The highest BCUT2D eigenvalue weighted by Gasteiger charge is 2.18. The van der Waals surface area contributed by atoms with Crippen molar-refractivity contribution in [3.8, 4) is 5.75 Å². The maximum absolute atomic E-state index is 12.7. The molecule has 0 spiro atoms. The summed E-state index contributed by atoms with van der Waals surface area (Å²) in [5, 5.41) is 6.46. The number of ether oxygens (including phenoxy) is 1. The molecular formula is C24H25BrN2O2. The highest BCUT2D eigenvalue weighted by molar-refractivity contribution is 9.10. The average molecular weight is 453 g/mol. The molecule has 4 nitrogen and oxygen atoms in total. The lowest BCUT2D eigenvalue weighted by Gasteiger charge is -2.21. The van der Waals surface area contributed by atoms with Crippen LogP contribution in [-0.4, -0.2) is 19.6 Å². The molecule has 1 amide bonds. The Balaban J connectivity index is 1.70. The minimum Gasteiger partial charge on any atom is -0.497 e. The zero-order valence-corrected chi connectivity index (χ0v) is 18.1. The van der Waals surface area contributed by atoms with E-state index in [1.165, 1.54) is 0 Å². The van der Waals surface area contributed by atoms with Crippen LogP contribution in [0.1, 0.15) is 35.7 Å². The van der Waals surface area contributed by atoms with Gasteiger partial charge in [-0.3, -0.25) is 4.79 Å². The molecule has 0 radical (unpaired) electrons. The summed E-state index contributed by atoms with van der Waals surface area (Å²) in [6.45, 7) is 2.27. The first-order valence-electron chi connectivity index (χ1n) is 9.54. The van der Waals surface area contributed by atoms with Crippen LogP contribution in [0.25, 0.3) is 0 Å². The van der Waals surface area contributed by atoms with Crippen molar-refractivity contribution in [1.82, 2.24) is 10.6 Å². The molecule has 3 aromatic carbocycles. The molecule has 0 aliphatic carbocycles. The number of rotatable bonds is 8. The number of benzene rings is 3. The number of nitrogens with one attached hydrogen (secondary N) is 2. The third-order valence-electron chi connectivity index (χ3n) is 4.83. The van der Waals surface area contributed by atoms with Gasteiger partial charge < -0.3 is 15.4 Å². The van der Waals surface area contributed by atoms with Crippen LogP contribution in [0, 0.1) is 0 Å². The number of hydrogen-bond acceptors (Lipinski definition) is 3. The third-order valence-corrected chi connectivity index (χ3v) is 5.55. The van der Waals surface area contributed by atoms with Crippen molar-refractivity contribution in [3.05, 3.63) is 100 Å². The summed E-state index contributed by atoms with van der Waals surface area (Å²) in [5.74, 6) is 0.726. The van der Waals surface area contributed by atoms with E-state index >= 15 is 0 Å². The highest BCUT2D eigenvalue weighted by Crippen LogP contribution is 2.25. The van der Waals surface area contributed by atoms with Crippen LogP contribution < -0.4 is 15.4 Å². The van der Waals surface area contributed by atoms with Gasteiger partial charge in [-0.15, -0.1) is 0 Å². The fourth-order valence-electron chi connectivity index (χ4n) is 3.19. The second-order valence-corrected chi connectivity index (χ2v) is 7.66. The molecule has 0 heterocycles. The summed E-state index contributed by atoms with van der Waals surface area (Å²) in [4.78, 5) is 12.7. The molecule has 2 N–H and O–H groups in total. The molecule has 150 valence electrons. The van der Waals surface area contributed by atoms with Gasteiger partial charge in [-0.1, -0.05) is 76.6 Å². The van der Waals surface area contributed by atoms with Gasteiger partial charge in [-0.05, 0) is 41.8 Å². The van der Waals surface area contributed by atoms with E-state index in [0.29, 0.717) is 0 Å². The predicted octanol–water partition coefficient (Wildman–Crippen LogP) is 5.01. The number of hydrogen-bond donors (Lipinski definition) is 2. The van der Waals surface area contributed by atoms with Crippen LogP contribution >= 0.6 is 15.9 Å². The van der Waals surface area contributed by atoms with Crippen molar-refractivity contribution in [1.29, 1.82) is 0 Å². The minimum atomic E-state index is -0.227. The molecule has 0 fully saturated rings. The van der Waals surface area contributed by atoms with E-state index < -0.39 is 0 Å². The summed E-state index contributed by atoms with van der Waals surface area (Å²) >= 11 is 3.57.